The van der Waals surface area contributed by atoms with Gasteiger partial charge < -0.3 is 25.6 Å². The second-order valence-corrected chi connectivity index (χ2v) is 9.95. The minimum atomic E-state index is -1.11. The van der Waals surface area contributed by atoms with Crippen molar-refractivity contribution in [2.75, 3.05) is 19.7 Å². The van der Waals surface area contributed by atoms with Crippen LogP contribution in [0.3, 0.4) is 0 Å². The molecule has 218 valence electrons. The van der Waals surface area contributed by atoms with E-state index in [9.17, 15) is 28.8 Å². The van der Waals surface area contributed by atoms with Gasteiger partial charge in [0.1, 0.15) is 25.2 Å². The molecule has 4 amide bonds. The topological polar surface area (TPSA) is 199 Å². The number of Topliss-reactive ketones (excluding diaryl/α,β-unsaturated/α-hetero) is 1. The van der Waals surface area contributed by atoms with Crippen molar-refractivity contribution in [1.29, 1.82) is 10.8 Å². The lowest BCUT2D eigenvalue weighted by Gasteiger charge is -2.31. The fourth-order valence-electron chi connectivity index (χ4n) is 4.02. The van der Waals surface area contributed by atoms with Crippen LogP contribution in [0.2, 0.25) is 0 Å². The Labute approximate surface area is 229 Å². The van der Waals surface area contributed by atoms with Crippen molar-refractivity contribution in [3.8, 4) is 0 Å². The molecule has 39 heavy (non-hydrogen) atoms. The molecule has 0 aliphatic carbocycles. The molecule has 0 spiro atoms. The maximum Gasteiger partial charge on any atom is 0.325 e. The van der Waals surface area contributed by atoms with E-state index in [1.807, 2.05) is 27.7 Å². The summed E-state index contributed by atoms with van der Waals surface area (Å²) in [5.41, 5.74) is 0. The number of nitrogens with one attached hydrogen (secondary N) is 3. The summed E-state index contributed by atoms with van der Waals surface area (Å²) in [5, 5.41) is 19.6. The molecule has 0 aromatic carbocycles. The highest BCUT2D eigenvalue weighted by Gasteiger charge is 2.40. The lowest BCUT2D eigenvalue weighted by Crippen LogP contribution is -2.57. The first-order valence-electron chi connectivity index (χ1n) is 13.1. The third kappa shape index (κ3) is 12.1. The van der Waals surface area contributed by atoms with Crippen LogP contribution in [0.5, 0.6) is 0 Å². The number of nitrogens with zero attached hydrogens (tertiary/aromatic N) is 3. The van der Waals surface area contributed by atoms with Gasteiger partial charge in [-0.05, 0) is 31.1 Å². The number of carbonyl (C=O) groups excluding carboxylic acids is 6. The molecule has 3 atom stereocenters. The molecular weight excluding hydrogens is 508 g/mol. The van der Waals surface area contributed by atoms with Gasteiger partial charge in [0, 0.05) is 23.8 Å². The standard InChI is InChI=1S/C26H42N4O7.N2/c1-7-10-18(23(33)25(35)27-15-21(32)37-13-8-2)28-24(34)19-11-9-12-30(19)26(36)22(17(5)6)29-20(31)14-16(3)4;1-2/h8,16-19,22H,2,7,9-15H2,1,3-6H3,(H,27,35)(H,28,34)(H,29,31);/t18?,19-,22-;/m0./s1. The summed E-state index contributed by atoms with van der Waals surface area (Å²) in [6, 6.07) is -2.70. The first-order chi connectivity index (χ1) is 18.4. The summed E-state index contributed by atoms with van der Waals surface area (Å²) in [7, 11) is 0. The molecule has 0 aromatic rings. The van der Waals surface area contributed by atoms with Gasteiger partial charge in [-0.25, -0.2) is 0 Å². The largest absolute Gasteiger partial charge is 0.460 e. The summed E-state index contributed by atoms with van der Waals surface area (Å²) in [5.74, 6) is -3.79. The molecule has 0 saturated carbocycles. The van der Waals surface area contributed by atoms with Crippen LogP contribution in [0, 0.1) is 22.6 Å². The molecule has 13 nitrogen and oxygen atoms in total. The molecule has 1 aliphatic rings. The predicted molar refractivity (Wildman–Crippen MR) is 140 cm³/mol. The van der Waals surface area contributed by atoms with Gasteiger partial charge in [-0.3, -0.25) is 28.8 Å². The molecule has 1 saturated heterocycles. The Morgan fingerprint density at radius 2 is 1.72 bits per heavy atom. The van der Waals surface area contributed by atoms with Crippen molar-refractivity contribution in [1.82, 2.24) is 20.9 Å². The van der Waals surface area contributed by atoms with E-state index in [1.54, 1.807) is 6.92 Å². The molecule has 1 aliphatic heterocycles. The van der Waals surface area contributed by atoms with Crippen molar-refractivity contribution in [3.05, 3.63) is 12.7 Å². The monoisotopic (exact) mass is 550 g/mol. The van der Waals surface area contributed by atoms with E-state index >= 15 is 0 Å². The SMILES string of the molecule is C=CCOC(=O)CNC(=O)C(=O)C(CCC)NC(=O)[C@@H]1CCCN1C(=O)[C@@H](NC(=O)CC(C)C)C(C)C.N#N. The fraction of sp³-hybridized carbons (Fsp3) is 0.692. The van der Waals surface area contributed by atoms with E-state index in [1.165, 1.54) is 11.0 Å². The maximum absolute atomic E-state index is 13.4. The normalized spacial score (nSPS) is 15.8. The van der Waals surface area contributed by atoms with Gasteiger partial charge >= 0.3 is 5.97 Å². The molecule has 0 aromatic heterocycles. The lowest BCUT2D eigenvalue weighted by molar-refractivity contribution is -0.145. The Balaban J connectivity index is 0.00000704. The van der Waals surface area contributed by atoms with Gasteiger partial charge in [-0.2, -0.15) is 0 Å². The summed E-state index contributed by atoms with van der Waals surface area (Å²) in [4.78, 5) is 76.9. The Morgan fingerprint density at radius 3 is 2.26 bits per heavy atom. The fourth-order valence-corrected chi connectivity index (χ4v) is 4.02. The van der Waals surface area contributed by atoms with Crippen LogP contribution in [-0.4, -0.2) is 78.1 Å². The lowest BCUT2D eigenvalue weighted by atomic mass is 10.0. The summed E-state index contributed by atoms with van der Waals surface area (Å²) in [6.45, 7) is 12.5. The predicted octanol–water partition coefficient (Wildman–Crippen LogP) is 0.894. The highest BCUT2D eigenvalue weighted by atomic mass is 16.5. The Morgan fingerprint density at radius 1 is 1.08 bits per heavy atom. The number of ether oxygens (including phenoxy) is 1. The van der Waals surface area contributed by atoms with Gasteiger partial charge in [-0.1, -0.05) is 53.7 Å². The van der Waals surface area contributed by atoms with Gasteiger partial charge in [0.05, 0.1) is 6.04 Å². The third-order valence-corrected chi connectivity index (χ3v) is 5.87. The quantitative estimate of drug-likeness (QED) is 0.115. The van der Waals surface area contributed by atoms with E-state index < -0.39 is 48.2 Å². The minimum absolute atomic E-state index is 0.0210. The van der Waals surface area contributed by atoms with Crippen LogP contribution in [-0.2, 0) is 33.5 Å². The number of likely N-dealkylation sites (tertiary alicyclic amines) is 1. The third-order valence-electron chi connectivity index (χ3n) is 5.87. The van der Waals surface area contributed by atoms with E-state index in [0.29, 0.717) is 25.8 Å². The second-order valence-electron chi connectivity index (χ2n) is 9.95. The minimum Gasteiger partial charge on any atom is -0.460 e. The first-order valence-corrected chi connectivity index (χ1v) is 13.1. The number of hydrogen-bond acceptors (Lipinski definition) is 9. The number of rotatable bonds is 15. The zero-order valence-electron chi connectivity index (χ0n) is 23.5. The van der Waals surface area contributed by atoms with E-state index in [-0.39, 0.29) is 43.1 Å². The Hall–Kier alpha value is -3.82. The number of esters is 1. The zero-order valence-corrected chi connectivity index (χ0v) is 23.5. The highest BCUT2D eigenvalue weighted by Crippen LogP contribution is 2.21. The van der Waals surface area contributed by atoms with E-state index in [2.05, 4.69) is 22.5 Å². The molecule has 0 bridgehead atoms. The molecule has 0 radical (unpaired) electrons. The molecule has 1 heterocycles. The Kier molecular flexibility index (Phi) is 16.6. The van der Waals surface area contributed by atoms with E-state index in [4.69, 9.17) is 15.5 Å². The van der Waals surface area contributed by atoms with Crippen LogP contribution < -0.4 is 16.0 Å². The van der Waals surface area contributed by atoms with Crippen LogP contribution in [0.25, 0.3) is 0 Å². The first kappa shape index (κ1) is 35.2. The molecule has 1 unspecified atom stereocenters. The van der Waals surface area contributed by atoms with Crippen molar-refractivity contribution >= 4 is 35.4 Å². The van der Waals surface area contributed by atoms with Crippen molar-refractivity contribution in [2.45, 2.75) is 84.8 Å². The van der Waals surface area contributed by atoms with Crippen LogP contribution in [0.4, 0.5) is 0 Å². The number of amides is 4. The van der Waals surface area contributed by atoms with Gasteiger partial charge in [0.2, 0.25) is 23.5 Å². The van der Waals surface area contributed by atoms with Gasteiger partial charge in [0.15, 0.2) is 0 Å². The van der Waals surface area contributed by atoms with Crippen molar-refractivity contribution in [2.24, 2.45) is 11.8 Å². The number of hydrogen-bond donors (Lipinski definition) is 3. The van der Waals surface area contributed by atoms with Crippen LogP contribution >= 0.6 is 0 Å². The zero-order chi connectivity index (χ0) is 30.1. The summed E-state index contributed by atoms with van der Waals surface area (Å²) >= 11 is 0. The average molecular weight is 551 g/mol. The van der Waals surface area contributed by atoms with Crippen molar-refractivity contribution in [3.63, 3.8) is 0 Å². The molecular formula is C26H42N6O7. The molecule has 1 fully saturated rings. The molecule has 13 heteroatoms. The maximum atomic E-state index is 13.4. The van der Waals surface area contributed by atoms with Gasteiger partial charge in [0.25, 0.3) is 5.91 Å². The summed E-state index contributed by atoms with van der Waals surface area (Å²) in [6.07, 6.45) is 3.37. The average Bonchev–Trinajstić information content (AvgIpc) is 3.39. The smallest absolute Gasteiger partial charge is 0.325 e. The second kappa shape index (κ2) is 18.4. The van der Waals surface area contributed by atoms with Gasteiger partial charge in [-0.15, -0.1) is 0 Å². The molecule has 3 N–H and O–H groups in total. The van der Waals surface area contributed by atoms with Crippen LogP contribution in [0.15, 0.2) is 12.7 Å². The Bertz CT molecular complexity index is 902. The summed E-state index contributed by atoms with van der Waals surface area (Å²) < 4.78 is 4.76. The molecule has 1 rings (SSSR count). The number of carbonyl (C=O) groups is 6. The number of ketones is 1. The van der Waals surface area contributed by atoms with Crippen LogP contribution in [0.1, 0.15) is 66.7 Å². The highest BCUT2D eigenvalue weighted by molar-refractivity contribution is 6.38. The van der Waals surface area contributed by atoms with Crippen molar-refractivity contribution < 1.29 is 33.5 Å². The van der Waals surface area contributed by atoms with E-state index in [0.717, 1.165) is 0 Å².